The van der Waals surface area contributed by atoms with Crippen LogP contribution in [0.25, 0.3) is 0 Å². The summed E-state index contributed by atoms with van der Waals surface area (Å²) in [6, 6.07) is -0.0802. The van der Waals surface area contributed by atoms with Crippen LogP contribution in [0.15, 0.2) is 0 Å². The van der Waals surface area contributed by atoms with Crippen LogP contribution >= 0.6 is 0 Å². The zero-order valence-corrected chi connectivity index (χ0v) is 10.2. The van der Waals surface area contributed by atoms with Crippen molar-refractivity contribution in [3.05, 3.63) is 0 Å². The van der Waals surface area contributed by atoms with E-state index in [1.807, 2.05) is 4.72 Å². The van der Waals surface area contributed by atoms with Gasteiger partial charge in [-0.15, -0.1) is 0 Å². The standard InChI is InChI=1S/C8H17N3O4S/c1-11(7-3-5-9-6-4-7)16(13,14)10-8(12)15-2/h7,9H,3-6H2,1-2H3,(H,10,12). The third kappa shape index (κ3) is 3.32. The lowest BCUT2D eigenvalue weighted by Gasteiger charge is -2.30. The molecule has 1 rings (SSSR count). The van der Waals surface area contributed by atoms with E-state index >= 15 is 0 Å². The van der Waals surface area contributed by atoms with Crippen molar-refractivity contribution in [3.8, 4) is 0 Å². The molecule has 1 fully saturated rings. The topological polar surface area (TPSA) is 87.7 Å². The van der Waals surface area contributed by atoms with Gasteiger partial charge in [-0.1, -0.05) is 0 Å². The molecule has 8 heteroatoms. The second kappa shape index (κ2) is 5.46. The highest BCUT2D eigenvalue weighted by Gasteiger charge is 2.28. The van der Waals surface area contributed by atoms with Crippen molar-refractivity contribution in [3.63, 3.8) is 0 Å². The minimum atomic E-state index is -3.79. The maximum atomic E-state index is 11.7. The van der Waals surface area contributed by atoms with Gasteiger partial charge in [0.15, 0.2) is 0 Å². The van der Waals surface area contributed by atoms with Gasteiger partial charge in [0, 0.05) is 13.1 Å². The van der Waals surface area contributed by atoms with Crippen molar-refractivity contribution in [2.75, 3.05) is 27.2 Å². The Labute approximate surface area is 95.3 Å². The van der Waals surface area contributed by atoms with Crippen LogP contribution < -0.4 is 10.0 Å². The zero-order chi connectivity index (χ0) is 12.2. The Kier molecular flexibility index (Phi) is 4.51. The van der Waals surface area contributed by atoms with E-state index < -0.39 is 16.3 Å². The molecule has 0 aromatic rings. The van der Waals surface area contributed by atoms with Gasteiger partial charge in [-0.05, 0) is 25.9 Å². The average molecular weight is 251 g/mol. The third-order valence-electron chi connectivity index (χ3n) is 2.60. The molecule has 1 aliphatic heterocycles. The van der Waals surface area contributed by atoms with Gasteiger partial charge in [-0.25, -0.2) is 9.52 Å². The number of nitrogens with one attached hydrogen (secondary N) is 2. The first-order valence-electron chi connectivity index (χ1n) is 5.02. The molecule has 0 aromatic heterocycles. The van der Waals surface area contributed by atoms with Crippen LogP contribution in [-0.4, -0.2) is 52.1 Å². The van der Waals surface area contributed by atoms with Gasteiger partial charge in [-0.3, -0.25) is 0 Å². The highest BCUT2D eigenvalue weighted by Crippen LogP contribution is 2.12. The summed E-state index contributed by atoms with van der Waals surface area (Å²) in [6.07, 6.45) is 0.498. The van der Waals surface area contributed by atoms with Gasteiger partial charge in [-0.2, -0.15) is 12.7 Å². The summed E-state index contributed by atoms with van der Waals surface area (Å²) in [5, 5.41) is 3.14. The van der Waals surface area contributed by atoms with E-state index in [0.717, 1.165) is 33.0 Å². The first-order valence-corrected chi connectivity index (χ1v) is 6.46. The van der Waals surface area contributed by atoms with Gasteiger partial charge in [0.1, 0.15) is 0 Å². The highest BCUT2D eigenvalue weighted by atomic mass is 32.2. The van der Waals surface area contributed by atoms with E-state index in [0.29, 0.717) is 0 Å². The lowest BCUT2D eigenvalue weighted by molar-refractivity contribution is 0.176. The number of hydrogen-bond acceptors (Lipinski definition) is 5. The Balaban J connectivity index is 2.63. The molecule has 0 bridgehead atoms. The van der Waals surface area contributed by atoms with Crippen molar-refractivity contribution < 1.29 is 17.9 Å². The fraction of sp³-hybridized carbons (Fsp3) is 0.875. The van der Waals surface area contributed by atoms with Gasteiger partial charge in [0.05, 0.1) is 7.11 Å². The van der Waals surface area contributed by atoms with Crippen LogP contribution in [0.1, 0.15) is 12.8 Å². The number of methoxy groups -OCH3 is 1. The zero-order valence-electron chi connectivity index (χ0n) is 9.39. The smallest absolute Gasteiger partial charge is 0.421 e. The Morgan fingerprint density at radius 3 is 2.50 bits per heavy atom. The van der Waals surface area contributed by atoms with Crippen LogP contribution in [0, 0.1) is 0 Å². The molecule has 16 heavy (non-hydrogen) atoms. The number of amides is 1. The molecule has 1 aliphatic rings. The molecule has 0 atom stereocenters. The maximum Gasteiger partial charge on any atom is 0.421 e. The molecule has 0 radical (unpaired) electrons. The number of piperidine rings is 1. The van der Waals surface area contributed by atoms with Crippen LogP contribution in [0.3, 0.4) is 0 Å². The normalized spacial score (nSPS) is 18.4. The van der Waals surface area contributed by atoms with E-state index in [9.17, 15) is 13.2 Å². The fourth-order valence-corrected chi connectivity index (χ4v) is 2.63. The summed E-state index contributed by atoms with van der Waals surface area (Å²) in [5.41, 5.74) is 0. The van der Waals surface area contributed by atoms with Crippen molar-refractivity contribution in [2.45, 2.75) is 18.9 Å². The number of carbonyl (C=O) groups is 1. The summed E-state index contributed by atoms with van der Waals surface area (Å²) in [4.78, 5) is 10.9. The van der Waals surface area contributed by atoms with Crippen LogP contribution in [0.5, 0.6) is 0 Å². The molecule has 0 aromatic carbocycles. The molecule has 1 amide bonds. The van der Waals surface area contributed by atoms with Crippen molar-refractivity contribution >= 4 is 16.3 Å². The van der Waals surface area contributed by atoms with Crippen LogP contribution in [0.4, 0.5) is 4.79 Å². The second-order valence-electron chi connectivity index (χ2n) is 3.60. The molecule has 1 saturated heterocycles. The van der Waals surface area contributed by atoms with Crippen molar-refractivity contribution in [2.24, 2.45) is 0 Å². The van der Waals surface area contributed by atoms with E-state index in [1.165, 1.54) is 11.4 Å². The first kappa shape index (κ1) is 13.2. The summed E-state index contributed by atoms with van der Waals surface area (Å²) < 4.78 is 30.6. The second-order valence-corrected chi connectivity index (χ2v) is 5.33. The van der Waals surface area contributed by atoms with Gasteiger partial charge >= 0.3 is 16.3 Å². The van der Waals surface area contributed by atoms with Crippen molar-refractivity contribution in [1.82, 2.24) is 14.3 Å². The molecular formula is C8H17N3O4S. The predicted octanol–water partition coefficient (Wildman–Crippen LogP) is -0.729. The van der Waals surface area contributed by atoms with Gasteiger partial charge in [0.25, 0.3) is 0 Å². The highest BCUT2D eigenvalue weighted by molar-refractivity contribution is 7.87. The summed E-state index contributed by atoms with van der Waals surface area (Å²) in [6.45, 7) is 1.56. The fourth-order valence-electron chi connectivity index (χ4n) is 1.59. The van der Waals surface area contributed by atoms with E-state index in [-0.39, 0.29) is 6.04 Å². The molecule has 0 saturated carbocycles. The number of carbonyl (C=O) groups excluding carboxylic acids is 1. The summed E-state index contributed by atoms with van der Waals surface area (Å²) in [7, 11) is -1.21. The molecule has 2 N–H and O–H groups in total. The Hall–Kier alpha value is -0.860. The molecule has 0 aliphatic carbocycles. The average Bonchev–Trinajstić information content (AvgIpc) is 2.28. The number of nitrogens with zero attached hydrogens (tertiary/aromatic N) is 1. The Morgan fingerprint density at radius 1 is 1.44 bits per heavy atom. The quantitative estimate of drug-likeness (QED) is 0.690. The monoisotopic (exact) mass is 251 g/mol. The van der Waals surface area contributed by atoms with E-state index in [1.54, 1.807) is 0 Å². The lowest BCUT2D eigenvalue weighted by Crippen LogP contribution is -2.49. The molecule has 0 unspecified atom stereocenters. The van der Waals surface area contributed by atoms with Crippen LogP contribution in [-0.2, 0) is 14.9 Å². The molecule has 1 heterocycles. The van der Waals surface area contributed by atoms with E-state index in [2.05, 4.69) is 10.1 Å². The van der Waals surface area contributed by atoms with Crippen molar-refractivity contribution in [1.29, 1.82) is 0 Å². The van der Waals surface area contributed by atoms with Gasteiger partial charge < -0.3 is 10.1 Å². The largest absolute Gasteiger partial charge is 0.452 e. The molecule has 7 nitrogen and oxygen atoms in total. The summed E-state index contributed by atoms with van der Waals surface area (Å²) >= 11 is 0. The molecule has 94 valence electrons. The number of ether oxygens (including phenoxy) is 1. The maximum absolute atomic E-state index is 11.7. The number of rotatable bonds is 3. The van der Waals surface area contributed by atoms with E-state index in [4.69, 9.17) is 0 Å². The molecule has 0 spiro atoms. The molecular weight excluding hydrogens is 234 g/mol. The predicted molar refractivity (Wildman–Crippen MR) is 58.1 cm³/mol. The van der Waals surface area contributed by atoms with Gasteiger partial charge in [0.2, 0.25) is 0 Å². The Morgan fingerprint density at radius 2 is 2.00 bits per heavy atom. The Bertz CT molecular complexity index is 337. The SMILES string of the molecule is COC(=O)NS(=O)(=O)N(C)C1CCNCC1. The lowest BCUT2D eigenvalue weighted by atomic mass is 10.1. The number of hydrogen-bond donors (Lipinski definition) is 2. The minimum Gasteiger partial charge on any atom is -0.452 e. The third-order valence-corrected chi connectivity index (χ3v) is 4.08. The summed E-state index contributed by atoms with van der Waals surface area (Å²) in [5.74, 6) is 0. The first-order chi connectivity index (χ1) is 7.47. The minimum absolute atomic E-state index is 0.0802. The van der Waals surface area contributed by atoms with Crippen LogP contribution in [0.2, 0.25) is 0 Å².